The first kappa shape index (κ1) is 12.5. The zero-order valence-electron chi connectivity index (χ0n) is 11.7. The maximum atomic E-state index is 4.66. The predicted octanol–water partition coefficient (Wildman–Crippen LogP) is 4.60. The Kier molecular flexibility index (Phi) is 3.30. The normalized spacial score (nSPS) is 11.3. The van der Waals surface area contributed by atoms with E-state index >= 15 is 0 Å². The summed E-state index contributed by atoms with van der Waals surface area (Å²) in [5.41, 5.74) is 5.35. The van der Waals surface area contributed by atoms with E-state index in [0.717, 1.165) is 22.5 Å². The van der Waals surface area contributed by atoms with Crippen molar-refractivity contribution in [2.24, 2.45) is 4.99 Å². The highest BCUT2D eigenvalue weighted by Crippen LogP contribution is 2.22. The first-order chi connectivity index (χ1) is 9.75. The fraction of sp³-hybridized carbons (Fsp3) is 0.111. The number of aromatic nitrogens is 1. The van der Waals surface area contributed by atoms with Gasteiger partial charge >= 0.3 is 0 Å². The molecule has 2 heteroatoms. The molecule has 1 aromatic heterocycles. The molecule has 3 rings (SSSR count). The minimum Gasteiger partial charge on any atom is -0.256 e. The number of fused-ring (bicyclic) bond motifs is 1. The van der Waals surface area contributed by atoms with Crippen molar-refractivity contribution in [1.82, 2.24) is 4.98 Å². The summed E-state index contributed by atoms with van der Waals surface area (Å²) < 4.78 is 0. The molecule has 0 saturated heterocycles. The van der Waals surface area contributed by atoms with Crippen LogP contribution < -0.4 is 0 Å². The van der Waals surface area contributed by atoms with Crippen molar-refractivity contribution >= 4 is 22.8 Å². The van der Waals surface area contributed by atoms with Crippen molar-refractivity contribution in [1.29, 1.82) is 0 Å². The van der Waals surface area contributed by atoms with Crippen LogP contribution in [0.15, 0.2) is 59.6 Å². The van der Waals surface area contributed by atoms with Crippen molar-refractivity contribution in [2.45, 2.75) is 13.8 Å². The Morgan fingerprint density at radius 1 is 0.900 bits per heavy atom. The van der Waals surface area contributed by atoms with E-state index in [4.69, 9.17) is 0 Å². The van der Waals surface area contributed by atoms with Gasteiger partial charge in [0, 0.05) is 22.9 Å². The number of para-hydroxylation sites is 2. The quantitative estimate of drug-likeness (QED) is 0.618. The highest BCUT2D eigenvalue weighted by Gasteiger charge is 2.06. The van der Waals surface area contributed by atoms with Crippen molar-refractivity contribution in [3.05, 3.63) is 71.4 Å². The van der Waals surface area contributed by atoms with E-state index in [9.17, 15) is 0 Å². The number of benzene rings is 2. The van der Waals surface area contributed by atoms with Gasteiger partial charge < -0.3 is 0 Å². The molecule has 98 valence electrons. The molecule has 0 amide bonds. The van der Waals surface area contributed by atoms with Crippen LogP contribution in [0.4, 0.5) is 5.69 Å². The molecule has 3 aromatic rings. The van der Waals surface area contributed by atoms with Crippen LogP contribution in [0.3, 0.4) is 0 Å². The van der Waals surface area contributed by atoms with Crippen LogP contribution in [0.5, 0.6) is 0 Å². The number of rotatable bonds is 2. The lowest BCUT2D eigenvalue weighted by Crippen LogP contribution is -1.97. The molecule has 0 unspecified atom stereocenters. The summed E-state index contributed by atoms with van der Waals surface area (Å²) in [5.74, 6) is 0. The molecule has 0 radical (unpaired) electrons. The second-order valence-electron chi connectivity index (χ2n) is 4.85. The molecule has 0 saturated carbocycles. The summed E-state index contributed by atoms with van der Waals surface area (Å²) in [4.78, 5) is 9.20. The van der Waals surface area contributed by atoms with Gasteiger partial charge in [0.25, 0.3) is 0 Å². The standard InChI is InChI=1S/C18H16N2/c1-13-16-10-6-7-11-18(16)20-14(2)17(13)12-19-15-8-4-3-5-9-15/h3-12H,1-2H3. The molecule has 0 atom stereocenters. The Morgan fingerprint density at radius 3 is 2.40 bits per heavy atom. The van der Waals surface area contributed by atoms with E-state index in [1.54, 1.807) is 0 Å². The molecule has 2 aromatic carbocycles. The average molecular weight is 260 g/mol. The lowest BCUT2D eigenvalue weighted by molar-refractivity contribution is 1.22. The molecule has 0 aliphatic carbocycles. The topological polar surface area (TPSA) is 25.2 Å². The Bertz CT molecular complexity index is 774. The first-order valence-corrected chi connectivity index (χ1v) is 6.71. The van der Waals surface area contributed by atoms with Gasteiger partial charge in [0.2, 0.25) is 0 Å². The van der Waals surface area contributed by atoms with Crippen LogP contribution in [0.25, 0.3) is 10.9 Å². The van der Waals surface area contributed by atoms with Gasteiger partial charge in [-0.2, -0.15) is 0 Å². The Hall–Kier alpha value is -2.48. The Balaban J connectivity index is 2.10. The number of pyridine rings is 1. The van der Waals surface area contributed by atoms with Gasteiger partial charge in [-0.15, -0.1) is 0 Å². The van der Waals surface area contributed by atoms with Crippen LogP contribution in [0.2, 0.25) is 0 Å². The summed E-state index contributed by atoms with van der Waals surface area (Å²) in [7, 11) is 0. The summed E-state index contributed by atoms with van der Waals surface area (Å²) in [6, 6.07) is 18.2. The fourth-order valence-electron chi connectivity index (χ4n) is 2.39. The van der Waals surface area contributed by atoms with Crippen molar-refractivity contribution in [2.75, 3.05) is 0 Å². The molecule has 0 N–H and O–H groups in total. The molecule has 20 heavy (non-hydrogen) atoms. The Morgan fingerprint density at radius 2 is 1.60 bits per heavy atom. The molecule has 0 bridgehead atoms. The maximum absolute atomic E-state index is 4.66. The molecule has 2 nitrogen and oxygen atoms in total. The molecule has 1 heterocycles. The van der Waals surface area contributed by atoms with Crippen LogP contribution in [0.1, 0.15) is 16.8 Å². The summed E-state index contributed by atoms with van der Waals surface area (Å²) in [6.07, 6.45) is 1.92. The lowest BCUT2D eigenvalue weighted by Gasteiger charge is -2.08. The lowest BCUT2D eigenvalue weighted by atomic mass is 10.0. The zero-order valence-corrected chi connectivity index (χ0v) is 11.7. The Labute approximate surface area is 118 Å². The minimum absolute atomic E-state index is 0.958. The van der Waals surface area contributed by atoms with Crippen molar-refractivity contribution in [3.8, 4) is 0 Å². The monoisotopic (exact) mass is 260 g/mol. The van der Waals surface area contributed by atoms with Gasteiger partial charge in [-0.05, 0) is 37.6 Å². The number of hydrogen-bond acceptors (Lipinski definition) is 2. The highest BCUT2D eigenvalue weighted by atomic mass is 14.7. The third-order valence-electron chi connectivity index (χ3n) is 3.49. The number of nitrogens with zero attached hydrogens (tertiary/aromatic N) is 2. The SMILES string of the molecule is Cc1nc2ccccc2c(C)c1C=Nc1ccccc1. The summed E-state index contributed by atoms with van der Waals surface area (Å²) in [5, 5.41) is 1.19. The van der Waals surface area contributed by atoms with E-state index in [2.05, 4.69) is 23.0 Å². The third kappa shape index (κ3) is 2.32. The van der Waals surface area contributed by atoms with Crippen LogP contribution >= 0.6 is 0 Å². The molecule has 0 spiro atoms. The van der Waals surface area contributed by atoms with Crippen LogP contribution in [-0.4, -0.2) is 11.2 Å². The third-order valence-corrected chi connectivity index (χ3v) is 3.49. The van der Waals surface area contributed by atoms with E-state index < -0.39 is 0 Å². The molecule has 0 fully saturated rings. The van der Waals surface area contributed by atoms with Gasteiger partial charge in [0.05, 0.1) is 11.2 Å². The van der Waals surface area contributed by atoms with Gasteiger partial charge in [0.15, 0.2) is 0 Å². The van der Waals surface area contributed by atoms with Crippen LogP contribution in [0, 0.1) is 13.8 Å². The molecule has 0 aliphatic rings. The summed E-state index contributed by atoms with van der Waals surface area (Å²) in [6.45, 7) is 4.16. The number of hydrogen-bond donors (Lipinski definition) is 0. The van der Waals surface area contributed by atoms with E-state index in [0.29, 0.717) is 0 Å². The van der Waals surface area contributed by atoms with Crippen molar-refractivity contribution in [3.63, 3.8) is 0 Å². The predicted molar refractivity (Wildman–Crippen MR) is 84.9 cm³/mol. The van der Waals surface area contributed by atoms with Gasteiger partial charge in [-0.1, -0.05) is 36.4 Å². The van der Waals surface area contributed by atoms with E-state index in [1.165, 1.54) is 10.9 Å². The zero-order chi connectivity index (χ0) is 13.9. The molecule has 0 aliphatic heterocycles. The smallest absolute Gasteiger partial charge is 0.0708 e. The second-order valence-corrected chi connectivity index (χ2v) is 4.85. The van der Waals surface area contributed by atoms with Gasteiger partial charge in [-0.25, -0.2) is 0 Å². The summed E-state index contributed by atoms with van der Waals surface area (Å²) >= 11 is 0. The maximum Gasteiger partial charge on any atom is 0.0708 e. The van der Waals surface area contributed by atoms with Crippen LogP contribution in [-0.2, 0) is 0 Å². The fourth-order valence-corrected chi connectivity index (χ4v) is 2.39. The highest BCUT2D eigenvalue weighted by molar-refractivity contribution is 5.93. The van der Waals surface area contributed by atoms with E-state index in [1.807, 2.05) is 61.7 Å². The first-order valence-electron chi connectivity index (χ1n) is 6.71. The minimum atomic E-state index is 0.958. The van der Waals surface area contributed by atoms with Crippen molar-refractivity contribution < 1.29 is 0 Å². The molecular formula is C18H16N2. The second kappa shape index (κ2) is 5.25. The average Bonchev–Trinajstić information content (AvgIpc) is 2.48. The number of aliphatic imine (C=N–C) groups is 1. The number of aryl methyl sites for hydroxylation is 2. The van der Waals surface area contributed by atoms with E-state index in [-0.39, 0.29) is 0 Å². The van der Waals surface area contributed by atoms with Gasteiger partial charge in [-0.3, -0.25) is 9.98 Å². The largest absolute Gasteiger partial charge is 0.256 e. The van der Waals surface area contributed by atoms with Gasteiger partial charge in [0.1, 0.15) is 0 Å². The molecular weight excluding hydrogens is 244 g/mol.